The molecule has 0 aromatic carbocycles. The van der Waals surface area contributed by atoms with Gasteiger partial charge in [-0.05, 0) is 22.4 Å². The molecule has 1 N–H and O–H groups in total. The van der Waals surface area contributed by atoms with Crippen LogP contribution in [0.5, 0.6) is 0 Å². The van der Waals surface area contributed by atoms with Crippen LogP contribution in [0.2, 0.25) is 0 Å². The lowest BCUT2D eigenvalue weighted by atomic mass is 10.1. The number of aromatic nitrogens is 1. The van der Waals surface area contributed by atoms with Gasteiger partial charge >= 0.3 is 0 Å². The van der Waals surface area contributed by atoms with Gasteiger partial charge in [-0.2, -0.15) is 0 Å². The number of nitrogens with one attached hydrogen (secondary N) is 1. The van der Waals surface area contributed by atoms with Crippen LogP contribution in [0.25, 0.3) is 0 Å². The molecule has 0 saturated heterocycles. The third kappa shape index (κ3) is 9.25. The van der Waals surface area contributed by atoms with E-state index in [-0.39, 0.29) is 5.91 Å². The number of unbranched alkanes of at least 4 members (excludes halogenated alkanes) is 9. The lowest BCUT2D eigenvalue weighted by Gasteiger charge is -2.04. The normalized spacial score (nSPS) is 10.8. The Balaban J connectivity index is 1.87. The van der Waals surface area contributed by atoms with Crippen molar-refractivity contribution in [2.75, 3.05) is 6.54 Å². The molecule has 0 aliphatic carbocycles. The van der Waals surface area contributed by atoms with Crippen molar-refractivity contribution in [1.82, 2.24) is 10.3 Å². The number of hydrogen-bond acceptors (Lipinski definition) is 3. The van der Waals surface area contributed by atoms with E-state index < -0.39 is 0 Å². The summed E-state index contributed by atoms with van der Waals surface area (Å²) >= 11 is 4.64. The third-order valence-electron chi connectivity index (χ3n) is 3.52. The Bertz CT molecular complexity index is 395. The van der Waals surface area contributed by atoms with Crippen LogP contribution in [0.3, 0.4) is 0 Å². The number of halogens is 1. The largest absolute Gasteiger partial charge is 0.351 e. The highest BCUT2D eigenvalue weighted by atomic mass is 79.9. The summed E-state index contributed by atoms with van der Waals surface area (Å²) in [5.74, 6) is -0.00544. The highest BCUT2D eigenvalue weighted by Crippen LogP contribution is 2.18. The monoisotopic (exact) mass is 374 g/mol. The highest BCUT2D eigenvalue weighted by Gasteiger charge is 2.08. The minimum Gasteiger partial charge on any atom is -0.351 e. The molecule has 0 radical (unpaired) electrons. The van der Waals surface area contributed by atoms with Crippen LogP contribution in [-0.4, -0.2) is 17.4 Å². The van der Waals surface area contributed by atoms with Crippen molar-refractivity contribution in [3.05, 3.63) is 15.0 Å². The molecule has 21 heavy (non-hydrogen) atoms. The third-order valence-corrected chi connectivity index (χ3v) is 4.99. The van der Waals surface area contributed by atoms with Crippen molar-refractivity contribution in [2.24, 2.45) is 0 Å². The van der Waals surface area contributed by atoms with Crippen LogP contribution in [0.1, 0.15) is 80.8 Å². The molecule has 1 aromatic rings. The lowest BCUT2D eigenvalue weighted by molar-refractivity contribution is 0.0957. The number of amides is 1. The first-order valence-corrected chi connectivity index (χ1v) is 9.74. The second kappa shape index (κ2) is 12.2. The van der Waals surface area contributed by atoms with Gasteiger partial charge in [-0.1, -0.05) is 64.7 Å². The first kappa shape index (κ1) is 18.6. The molecular weight excluding hydrogens is 348 g/mol. The molecule has 120 valence electrons. The van der Waals surface area contributed by atoms with E-state index in [1.807, 2.05) is 0 Å². The van der Waals surface area contributed by atoms with Crippen LogP contribution in [0.15, 0.2) is 10.1 Å². The minimum absolute atomic E-state index is 0.00544. The second-order valence-corrected chi connectivity index (χ2v) is 7.72. The lowest BCUT2D eigenvalue weighted by Crippen LogP contribution is -2.23. The predicted molar refractivity (Wildman–Crippen MR) is 94.0 cm³/mol. The Morgan fingerprint density at radius 2 is 1.67 bits per heavy atom. The molecule has 1 rings (SSSR count). The van der Waals surface area contributed by atoms with Gasteiger partial charge in [-0.15, -0.1) is 11.3 Å². The Kier molecular flexibility index (Phi) is 10.8. The van der Waals surface area contributed by atoms with Gasteiger partial charge in [-0.25, -0.2) is 4.98 Å². The molecule has 0 saturated carbocycles. The van der Waals surface area contributed by atoms with Crippen LogP contribution in [-0.2, 0) is 0 Å². The van der Waals surface area contributed by atoms with Crippen molar-refractivity contribution in [3.63, 3.8) is 0 Å². The first-order valence-electron chi connectivity index (χ1n) is 8.13. The average Bonchev–Trinajstić information content (AvgIpc) is 2.91. The number of hydrogen-bond donors (Lipinski definition) is 1. The zero-order chi connectivity index (χ0) is 15.3. The van der Waals surface area contributed by atoms with E-state index >= 15 is 0 Å². The molecule has 0 unspecified atom stereocenters. The number of thiazole rings is 1. The van der Waals surface area contributed by atoms with Crippen molar-refractivity contribution in [1.29, 1.82) is 0 Å². The predicted octanol–water partition coefficient (Wildman–Crippen LogP) is 5.56. The molecule has 3 nitrogen and oxygen atoms in total. The summed E-state index contributed by atoms with van der Waals surface area (Å²) in [4.78, 5) is 16.4. The Labute approximate surface area is 141 Å². The quantitative estimate of drug-likeness (QED) is 0.486. The first-order chi connectivity index (χ1) is 10.2. The maximum atomic E-state index is 11.8. The average molecular weight is 375 g/mol. The molecule has 0 spiro atoms. The van der Waals surface area contributed by atoms with E-state index in [1.54, 1.807) is 6.20 Å². The van der Waals surface area contributed by atoms with Crippen LogP contribution in [0.4, 0.5) is 0 Å². The number of carbonyl (C=O) groups is 1. The fourth-order valence-electron chi connectivity index (χ4n) is 2.26. The summed E-state index contributed by atoms with van der Waals surface area (Å²) < 4.78 is 0.756. The summed E-state index contributed by atoms with van der Waals surface area (Å²) in [7, 11) is 0. The van der Waals surface area contributed by atoms with Gasteiger partial charge < -0.3 is 5.32 Å². The Hall–Kier alpha value is -0.420. The van der Waals surface area contributed by atoms with Crippen LogP contribution >= 0.6 is 27.3 Å². The molecule has 1 amide bonds. The van der Waals surface area contributed by atoms with E-state index in [0.717, 1.165) is 16.9 Å². The summed E-state index contributed by atoms with van der Waals surface area (Å²) in [5.41, 5.74) is 0. The van der Waals surface area contributed by atoms with Gasteiger partial charge in [0.25, 0.3) is 5.91 Å². The highest BCUT2D eigenvalue weighted by molar-refractivity contribution is 9.11. The van der Waals surface area contributed by atoms with Gasteiger partial charge in [-0.3, -0.25) is 4.79 Å². The summed E-state index contributed by atoms with van der Waals surface area (Å²) in [6.45, 7) is 3.03. The van der Waals surface area contributed by atoms with Gasteiger partial charge in [0.15, 0.2) is 3.92 Å². The van der Waals surface area contributed by atoms with Gasteiger partial charge in [0.05, 0.1) is 6.20 Å². The van der Waals surface area contributed by atoms with E-state index in [4.69, 9.17) is 0 Å². The summed E-state index contributed by atoms with van der Waals surface area (Å²) in [5, 5.41) is 2.95. The molecule has 1 heterocycles. The maximum absolute atomic E-state index is 11.8. The maximum Gasteiger partial charge on any atom is 0.263 e. The Morgan fingerprint density at radius 3 is 2.19 bits per heavy atom. The molecule has 5 heteroatoms. The fraction of sp³-hybridized carbons (Fsp3) is 0.750. The standard InChI is InChI=1S/C16H27BrN2OS/c1-2-3-4-5-6-7-8-9-10-11-12-18-15(20)14-13-19-16(17)21-14/h13H,2-12H2,1H3,(H,18,20). The topological polar surface area (TPSA) is 42.0 Å². The molecule has 0 aliphatic rings. The zero-order valence-corrected chi connectivity index (χ0v) is 15.4. The second-order valence-electron chi connectivity index (χ2n) is 5.42. The number of nitrogens with zero attached hydrogens (tertiary/aromatic N) is 1. The van der Waals surface area contributed by atoms with Gasteiger partial charge in [0.2, 0.25) is 0 Å². The zero-order valence-electron chi connectivity index (χ0n) is 13.0. The van der Waals surface area contributed by atoms with Gasteiger partial charge in [0, 0.05) is 6.54 Å². The minimum atomic E-state index is -0.00544. The fourth-order valence-corrected chi connectivity index (χ4v) is 3.44. The molecule has 0 atom stereocenters. The van der Waals surface area contributed by atoms with Gasteiger partial charge in [0.1, 0.15) is 4.88 Å². The smallest absolute Gasteiger partial charge is 0.263 e. The van der Waals surface area contributed by atoms with E-state index in [2.05, 4.69) is 33.2 Å². The van der Waals surface area contributed by atoms with Crippen molar-refractivity contribution < 1.29 is 4.79 Å². The van der Waals surface area contributed by atoms with E-state index in [9.17, 15) is 4.79 Å². The molecule has 0 bridgehead atoms. The number of rotatable bonds is 12. The molecule has 1 aromatic heterocycles. The molecule has 0 fully saturated rings. The van der Waals surface area contributed by atoms with Crippen molar-refractivity contribution in [3.8, 4) is 0 Å². The summed E-state index contributed by atoms with van der Waals surface area (Å²) in [6.07, 6.45) is 14.8. The van der Waals surface area contributed by atoms with Crippen molar-refractivity contribution >= 4 is 33.2 Å². The van der Waals surface area contributed by atoms with Crippen LogP contribution in [0, 0.1) is 0 Å². The summed E-state index contributed by atoms with van der Waals surface area (Å²) in [6, 6.07) is 0. The van der Waals surface area contributed by atoms with Crippen molar-refractivity contribution in [2.45, 2.75) is 71.1 Å². The van der Waals surface area contributed by atoms with Crippen LogP contribution < -0.4 is 5.32 Å². The number of carbonyl (C=O) groups excluding carboxylic acids is 1. The van der Waals surface area contributed by atoms with E-state index in [0.29, 0.717) is 4.88 Å². The van der Waals surface area contributed by atoms with E-state index in [1.165, 1.54) is 69.1 Å². The SMILES string of the molecule is CCCCCCCCCCCCNC(=O)c1cnc(Br)s1. The molecule has 0 aliphatic heterocycles. The molecular formula is C16H27BrN2OS. The Morgan fingerprint density at radius 1 is 1.10 bits per heavy atom.